The van der Waals surface area contributed by atoms with E-state index in [9.17, 15) is 4.79 Å². The summed E-state index contributed by atoms with van der Waals surface area (Å²) in [6, 6.07) is 0. The second kappa shape index (κ2) is 5.35. The number of nitrogens with zero attached hydrogens (tertiary/aromatic N) is 2. The van der Waals surface area contributed by atoms with Crippen LogP contribution in [0.2, 0.25) is 0 Å². The fourth-order valence-electron chi connectivity index (χ4n) is 3.05. The van der Waals surface area contributed by atoms with Gasteiger partial charge < -0.3 is 21.1 Å². The van der Waals surface area contributed by atoms with Gasteiger partial charge in [-0.25, -0.2) is 4.98 Å². The lowest BCUT2D eigenvalue weighted by molar-refractivity contribution is -0.117. The SMILES string of the molecule is CN(C)c1nc2sc(CC(N)=O)c(N)c2c2c1COC(C)(C)C2. The van der Waals surface area contributed by atoms with E-state index < -0.39 is 0 Å². The Bertz CT molecular complexity index is 795. The van der Waals surface area contributed by atoms with E-state index in [0.717, 1.165) is 32.9 Å². The predicted octanol–water partition coefficient (Wildman–Crippen LogP) is 1.82. The molecule has 0 unspecified atom stereocenters. The second-order valence-corrected chi connectivity index (χ2v) is 7.86. The molecule has 0 bridgehead atoms. The van der Waals surface area contributed by atoms with Crippen LogP contribution in [0.4, 0.5) is 11.5 Å². The van der Waals surface area contributed by atoms with E-state index in [1.54, 1.807) is 0 Å². The standard InChI is InChI=1S/C16H22N4O2S/c1-16(2)6-8-9(7-22-16)14(20(3)4)19-15-12(8)13(18)10(23-15)5-11(17)21/h5-7,18H2,1-4H3,(H2,17,21). The number of rotatable bonds is 3. The molecule has 0 fully saturated rings. The Balaban J connectivity index is 2.29. The van der Waals surface area contributed by atoms with Crippen LogP contribution in [0.25, 0.3) is 10.2 Å². The molecule has 0 saturated carbocycles. The fourth-order valence-corrected chi connectivity index (χ4v) is 4.17. The number of hydrogen-bond acceptors (Lipinski definition) is 6. The van der Waals surface area contributed by atoms with Crippen LogP contribution in [0.15, 0.2) is 0 Å². The number of carbonyl (C=O) groups excluding carboxylic acids is 1. The molecule has 0 aliphatic carbocycles. The molecular formula is C16H22N4O2S. The van der Waals surface area contributed by atoms with Crippen molar-refractivity contribution in [3.8, 4) is 0 Å². The molecule has 0 spiro atoms. The molecule has 3 rings (SSSR count). The first-order valence-electron chi connectivity index (χ1n) is 7.52. The molecule has 4 N–H and O–H groups in total. The van der Waals surface area contributed by atoms with Gasteiger partial charge in [0.1, 0.15) is 10.6 Å². The van der Waals surface area contributed by atoms with Gasteiger partial charge in [-0.1, -0.05) is 0 Å². The van der Waals surface area contributed by atoms with Crippen molar-refractivity contribution < 1.29 is 9.53 Å². The number of fused-ring (bicyclic) bond motifs is 3. The largest absolute Gasteiger partial charge is 0.397 e. The quantitative estimate of drug-likeness (QED) is 0.893. The maximum absolute atomic E-state index is 11.3. The first-order chi connectivity index (χ1) is 10.7. The van der Waals surface area contributed by atoms with Gasteiger partial charge in [0.15, 0.2) is 0 Å². The molecule has 0 aromatic carbocycles. The van der Waals surface area contributed by atoms with Gasteiger partial charge in [0, 0.05) is 36.3 Å². The number of carbonyl (C=O) groups is 1. The van der Waals surface area contributed by atoms with E-state index >= 15 is 0 Å². The number of thiophene rings is 1. The Morgan fingerprint density at radius 2 is 2.09 bits per heavy atom. The molecule has 3 heterocycles. The van der Waals surface area contributed by atoms with Crippen LogP contribution in [0.3, 0.4) is 0 Å². The minimum Gasteiger partial charge on any atom is -0.397 e. The van der Waals surface area contributed by atoms with E-state index in [2.05, 4.69) is 13.8 Å². The van der Waals surface area contributed by atoms with Gasteiger partial charge in [0.2, 0.25) is 5.91 Å². The van der Waals surface area contributed by atoms with Crippen molar-refractivity contribution in [3.63, 3.8) is 0 Å². The van der Waals surface area contributed by atoms with Crippen molar-refractivity contribution >= 4 is 39.0 Å². The summed E-state index contributed by atoms with van der Waals surface area (Å²) < 4.78 is 5.96. The van der Waals surface area contributed by atoms with Crippen molar-refractivity contribution in [1.82, 2.24) is 4.98 Å². The van der Waals surface area contributed by atoms with Gasteiger partial charge in [0.25, 0.3) is 0 Å². The minimum absolute atomic E-state index is 0.152. The highest BCUT2D eigenvalue weighted by molar-refractivity contribution is 7.19. The summed E-state index contributed by atoms with van der Waals surface area (Å²) in [5.74, 6) is 0.517. The molecule has 23 heavy (non-hydrogen) atoms. The Hall–Kier alpha value is -1.86. The number of aromatic nitrogens is 1. The summed E-state index contributed by atoms with van der Waals surface area (Å²) in [6.07, 6.45) is 0.915. The molecule has 1 aliphatic heterocycles. The zero-order chi connectivity index (χ0) is 16.9. The van der Waals surface area contributed by atoms with Gasteiger partial charge >= 0.3 is 0 Å². The molecule has 0 saturated heterocycles. The highest BCUT2D eigenvalue weighted by Gasteiger charge is 2.32. The van der Waals surface area contributed by atoms with Crippen LogP contribution >= 0.6 is 11.3 Å². The number of nitrogens with two attached hydrogens (primary N) is 2. The molecule has 124 valence electrons. The Morgan fingerprint density at radius 3 is 2.70 bits per heavy atom. The van der Waals surface area contributed by atoms with Gasteiger partial charge in [-0.15, -0.1) is 11.3 Å². The van der Waals surface area contributed by atoms with Gasteiger partial charge in [-0.2, -0.15) is 0 Å². The summed E-state index contributed by atoms with van der Waals surface area (Å²) in [4.78, 5) is 19.7. The topological polar surface area (TPSA) is 94.5 Å². The molecule has 2 aromatic heterocycles. The number of primary amides is 1. The van der Waals surface area contributed by atoms with Crippen LogP contribution in [-0.4, -0.2) is 30.6 Å². The van der Waals surface area contributed by atoms with Crippen molar-refractivity contribution in [2.45, 2.75) is 38.9 Å². The highest BCUT2D eigenvalue weighted by atomic mass is 32.1. The third-order valence-electron chi connectivity index (χ3n) is 4.12. The Morgan fingerprint density at radius 1 is 1.39 bits per heavy atom. The van der Waals surface area contributed by atoms with Crippen LogP contribution < -0.4 is 16.4 Å². The first kappa shape index (κ1) is 16.0. The maximum atomic E-state index is 11.3. The normalized spacial score (nSPS) is 16.3. The molecule has 6 nitrogen and oxygen atoms in total. The highest BCUT2D eigenvalue weighted by Crippen LogP contribution is 2.43. The van der Waals surface area contributed by atoms with E-state index in [1.807, 2.05) is 19.0 Å². The molecule has 1 aliphatic rings. The third-order valence-corrected chi connectivity index (χ3v) is 5.21. The number of nitrogen functional groups attached to an aromatic ring is 1. The van der Waals surface area contributed by atoms with Crippen LogP contribution in [0, 0.1) is 0 Å². The Labute approximate surface area is 139 Å². The number of anilines is 2. The lowest BCUT2D eigenvalue weighted by Crippen LogP contribution is -2.33. The van der Waals surface area contributed by atoms with Crippen LogP contribution in [-0.2, 0) is 29.0 Å². The van der Waals surface area contributed by atoms with Crippen molar-refractivity contribution in [3.05, 3.63) is 16.0 Å². The molecular weight excluding hydrogens is 312 g/mol. The molecule has 2 aromatic rings. The number of amides is 1. The lowest BCUT2D eigenvalue weighted by Gasteiger charge is -2.34. The monoisotopic (exact) mass is 334 g/mol. The molecule has 0 radical (unpaired) electrons. The summed E-state index contributed by atoms with van der Waals surface area (Å²) in [6.45, 7) is 4.66. The van der Waals surface area contributed by atoms with E-state index in [4.69, 9.17) is 21.2 Å². The van der Waals surface area contributed by atoms with E-state index in [-0.39, 0.29) is 17.9 Å². The van der Waals surface area contributed by atoms with E-state index in [1.165, 1.54) is 16.9 Å². The number of hydrogen-bond donors (Lipinski definition) is 2. The molecule has 7 heteroatoms. The zero-order valence-electron chi connectivity index (χ0n) is 13.9. The smallest absolute Gasteiger partial charge is 0.222 e. The summed E-state index contributed by atoms with van der Waals surface area (Å²) in [7, 11) is 3.94. The summed E-state index contributed by atoms with van der Waals surface area (Å²) >= 11 is 1.45. The van der Waals surface area contributed by atoms with Crippen molar-refractivity contribution in [1.29, 1.82) is 0 Å². The Kier molecular flexibility index (Phi) is 3.72. The second-order valence-electron chi connectivity index (χ2n) is 6.77. The van der Waals surface area contributed by atoms with Crippen molar-refractivity contribution in [2.24, 2.45) is 5.73 Å². The van der Waals surface area contributed by atoms with Gasteiger partial charge in [0.05, 0.1) is 24.3 Å². The van der Waals surface area contributed by atoms with Gasteiger partial charge in [-0.05, 0) is 19.4 Å². The third kappa shape index (κ3) is 2.74. The minimum atomic E-state index is -0.381. The average molecular weight is 334 g/mol. The van der Waals surface area contributed by atoms with Crippen molar-refractivity contribution in [2.75, 3.05) is 24.7 Å². The molecule has 0 atom stereocenters. The zero-order valence-corrected chi connectivity index (χ0v) is 14.7. The summed E-state index contributed by atoms with van der Waals surface area (Å²) in [5, 5.41) is 0.961. The first-order valence-corrected chi connectivity index (χ1v) is 8.33. The number of pyridine rings is 1. The van der Waals surface area contributed by atoms with Gasteiger partial charge in [-0.3, -0.25) is 4.79 Å². The average Bonchev–Trinajstić information content (AvgIpc) is 2.72. The predicted molar refractivity (Wildman–Crippen MR) is 93.8 cm³/mol. The summed E-state index contributed by atoms with van der Waals surface area (Å²) in [5.41, 5.74) is 14.3. The lowest BCUT2D eigenvalue weighted by atomic mass is 9.90. The van der Waals surface area contributed by atoms with Crippen LogP contribution in [0.1, 0.15) is 29.9 Å². The maximum Gasteiger partial charge on any atom is 0.222 e. The fraction of sp³-hybridized carbons (Fsp3) is 0.500. The molecule has 1 amide bonds. The van der Waals surface area contributed by atoms with Crippen LogP contribution in [0.5, 0.6) is 0 Å². The number of ether oxygens (including phenoxy) is 1. The van der Waals surface area contributed by atoms with E-state index in [0.29, 0.717) is 12.3 Å².